The van der Waals surface area contributed by atoms with Crippen LogP contribution in [0.1, 0.15) is 39.5 Å². The van der Waals surface area contributed by atoms with E-state index in [2.05, 4.69) is 19.2 Å². The normalized spacial score (nSPS) is 30.0. The van der Waals surface area contributed by atoms with Gasteiger partial charge in [-0.05, 0) is 43.6 Å². The average molecular weight is 153 g/mol. The van der Waals surface area contributed by atoms with E-state index in [-0.39, 0.29) is 0 Å². The molecule has 0 spiro atoms. The van der Waals surface area contributed by atoms with Crippen molar-refractivity contribution in [3.63, 3.8) is 0 Å². The molecule has 0 saturated heterocycles. The molecule has 0 atom stereocenters. The summed E-state index contributed by atoms with van der Waals surface area (Å²) in [6, 6.07) is 0.902. The largest absolute Gasteiger partial charge is 0.314 e. The molecule has 2 aliphatic rings. The zero-order valence-corrected chi connectivity index (χ0v) is 7.69. The van der Waals surface area contributed by atoms with Gasteiger partial charge < -0.3 is 5.32 Å². The summed E-state index contributed by atoms with van der Waals surface area (Å²) in [6.45, 7) is 6.04. The summed E-state index contributed by atoms with van der Waals surface area (Å²) in [7, 11) is 0. The molecule has 0 heterocycles. The zero-order valence-electron chi connectivity index (χ0n) is 7.69. The first-order valence-corrected chi connectivity index (χ1v) is 4.89. The van der Waals surface area contributed by atoms with Crippen LogP contribution in [0.15, 0.2) is 0 Å². The van der Waals surface area contributed by atoms with Gasteiger partial charge in [0.2, 0.25) is 0 Å². The minimum atomic E-state index is 0.663. The molecule has 0 aliphatic heterocycles. The van der Waals surface area contributed by atoms with Crippen molar-refractivity contribution in [1.29, 1.82) is 0 Å². The third-order valence-electron chi connectivity index (χ3n) is 2.96. The van der Waals surface area contributed by atoms with Gasteiger partial charge in [-0.15, -0.1) is 0 Å². The Morgan fingerprint density at radius 2 is 1.91 bits per heavy atom. The average Bonchev–Trinajstić information content (AvgIpc) is 2.60. The van der Waals surface area contributed by atoms with Crippen LogP contribution in [-0.2, 0) is 0 Å². The zero-order chi connectivity index (χ0) is 7.90. The number of hydrogen-bond acceptors (Lipinski definition) is 1. The van der Waals surface area contributed by atoms with E-state index in [4.69, 9.17) is 0 Å². The van der Waals surface area contributed by atoms with Crippen LogP contribution in [0.4, 0.5) is 0 Å². The van der Waals surface area contributed by atoms with Gasteiger partial charge in [-0.2, -0.15) is 0 Å². The fourth-order valence-corrected chi connectivity index (χ4v) is 2.27. The molecule has 0 unspecified atom stereocenters. The SMILES string of the molecule is CC1(C)CC(CNC2CC2)C1. The maximum absolute atomic E-state index is 3.60. The lowest BCUT2D eigenvalue weighted by molar-refractivity contribution is 0.0956. The highest BCUT2D eigenvalue weighted by Crippen LogP contribution is 2.44. The molecule has 2 saturated carbocycles. The Bertz CT molecular complexity index is 139. The van der Waals surface area contributed by atoms with Crippen molar-refractivity contribution in [3.05, 3.63) is 0 Å². The van der Waals surface area contributed by atoms with Gasteiger partial charge in [0.25, 0.3) is 0 Å². The van der Waals surface area contributed by atoms with Crippen molar-refractivity contribution < 1.29 is 0 Å². The molecule has 1 nitrogen and oxygen atoms in total. The first kappa shape index (κ1) is 7.60. The maximum Gasteiger partial charge on any atom is 0.00683 e. The second-order valence-electron chi connectivity index (χ2n) is 5.12. The smallest absolute Gasteiger partial charge is 0.00683 e. The van der Waals surface area contributed by atoms with Crippen LogP contribution < -0.4 is 5.32 Å². The summed E-state index contributed by atoms with van der Waals surface area (Å²) in [5, 5.41) is 3.60. The topological polar surface area (TPSA) is 12.0 Å². The molecule has 1 heteroatoms. The third kappa shape index (κ3) is 1.96. The van der Waals surface area contributed by atoms with Crippen LogP contribution in [-0.4, -0.2) is 12.6 Å². The van der Waals surface area contributed by atoms with Gasteiger partial charge in [-0.1, -0.05) is 13.8 Å². The van der Waals surface area contributed by atoms with Gasteiger partial charge in [-0.3, -0.25) is 0 Å². The molecule has 2 aliphatic carbocycles. The van der Waals surface area contributed by atoms with E-state index in [1.165, 1.54) is 32.2 Å². The van der Waals surface area contributed by atoms with E-state index in [9.17, 15) is 0 Å². The van der Waals surface area contributed by atoms with Crippen molar-refractivity contribution in [2.75, 3.05) is 6.54 Å². The van der Waals surface area contributed by atoms with E-state index >= 15 is 0 Å². The molecule has 0 aromatic rings. The molecule has 0 amide bonds. The van der Waals surface area contributed by atoms with Crippen molar-refractivity contribution in [1.82, 2.24) is 5.32 Å². The Labute approximate surface area is 69.6 Å². The Balaban J connectivity index is 1.59. The summed E-state index contributed by atoms with van der Waals surface area (Å²) < 4.78 is 0. The quantitative estimate of drug-likeness (QED) is 0.655. The Morgan fingerprint density at radius 3 is 2.36 bits per heavy atom. The molecule has 0 aromatic carbocycles. The van der Waals surface area contributed by atoms with Crippen LogP contribution in [0.25, 0.3) is 0 Å². The van der Waals surface area contributed by atoms with Crippen LogP contribution in [0.2, 0.25) is 0 Å². The highest BCUT2D eigenvalue weighted by molar-refractivity contribution is 4.90. The minimum absolute atomic E-state index is 0.663. The van der Waals surface area contributed by atoms with E-state index in [1.54, 1.807) is 0 Å². The summed E-state index contributed by atoms with van der Waals surface area (Å²) in [4.78, 5) is 0. The fourth-order valence-electron chi connectivity index (χ4n) is 2.27. The second-order valence-corrected chi connectivity index (χ2v) is 5.12. The van der Waals surface area contributed by atoms with Crippen LogP contribution in [0, 0.1) is 11.3 Å². The molecular formula is C10H19N. The number of hydrogen-bond donors (Lipinski definition) is 1. The highest BCUT2D eigenvalue weighted by atomic mass is 14.9. The first-order chi connectivity index (χ1) is 5.16. The molecule has 2 rings (SSSR count). The van der Waals surface area contributed by atoms with Gasteiger partial charge in [0.15, 0.2) is 0 Å². The second kappa shape index (κ2) is 2.48. The lowest BCUT2D eigenvalue weighted by atomic mass is 9.64. The molecule has 64 valence electrons. The fraction of sp³-hybridized carbons (Fsp3) is 1.00. The summed E-state index contributed by atoms with van der Waals surface area (Å²) >= 11 is 0. The van der Waals surface area contributed by atoms with E-state index < -0.39 is 0 Å². The maximum atomic E-state index is 3.60. The van der Waals surface area contributed by atoms with Crippen molar-refractivity contribution in [3.8, 4) is 0 Å². The Hall–Kier alpha value is -0.0400. The van der Waals surface area contributed by atoms with E-state index in [1.807, 2.05) is 0 Å². The van der Waals surface area contributed by atoms with Crippen molar-refractivity contribution in [2.24, 2.45) is 11.3 Å². The van der Waals surface area contributed by atoms with Gasteiger partial charge in [0, 0.05) is 6.04 Å². The van der Waals surface area contributed by atoms with Crippen LogP contribution in [0.5, 0.6) is 0 Å². The van der Waals surface area contributed by atoms with Crippen LogP contribution >= 0.6 is 0 Å². The lowest BCUT2D eigenvalue weighted by Gasteiger charge is -2.42. The Morgan fingerprint density at radius 1 is 1.27 bits per heavy atom. The lowest BCUT2D eigenvalue weighted by Crippen LogP contribution is -2.38. The number of rotatable bonds is 3. The van der Waals surface area contributed by atoms with Crippen molar-refractivity contribution >= 4 is 0 Å². The molecule has 1 N–H and O–H groups in total. The van der Waals surface area contributed by atoms with Gasteiger partial charge in [0.05, 0.1) is 0 Å². The van der Waals surface area contributed by atoms with Gasteiger partial charge in [0.1, 0.15) is 0 Å². The van der Waals surface area contributed by atoms with Gasteiger partial charge >= 0.3 is 0 Å². The van der Waals surface area contributed by atoms with E-state index in [0.29, 0.717) is 5.41 Å². The Kier molecular flexibility index (Phi) is 1.71. The van der Waals surface area contributed by atoms with E-state index in [0.717, 1.165) is 12.0 Å². The molecular weight excluding hydrogens is 134 g/mol. The molecule has 0 radical (unpaired) electrons. The highest BCUT2D eigenvalue weighted by Gasteiger charge is 2.36. The van der Waals surface area contributed by atoms with Gasteiger partial charge in [-0.25, -0.2) is 0 Å². The molecule has 11 heavy (non-hydrogen) atoms. The minimum Gasteiger partial charge on any atom is -0.314 e. The molecule has 0 bridgehead atoms. The molecule has 0 aromatic heterocycles. The van der Waals surface area contributed by atoms with Crippen LogP contribution in [0.3, 0.4) is 0 Å². The van der Waals surface area contributed by atoms with Crippen molar-refractivity contribution in [2.45, 2.75) is 45.6 Å². The molecule has 2 fully saturated rings. The number of nitrogens with one attached hydrogen (secondary N) is 1. The predicted octanol–water partition coefficient (Wildman–Crippen LogP) is 2.17. The monoisotopic (exact) mass is 153 g/mol. The summed E-state index contributed by atoms with van der Waals surface area (Å²) in [5.41, 5.74) is 0.663. The predicted molar refractivity (Wildman–Crippen MR) is 47.5 cm³/mol. The summed E-state index contributed by atoms with van der Waals surface area (Å²) in [6.07, 6.45) is 5.73. The summed E-state index contributed by atoms with van der Waals surface area (Å²) in [5.74, 6) is 0.991. The first-order valence-electron chi connectivity index (χ1n) is 4.89. The third-order valence-corrected chi connectivity index (χ3v) is 2.96. The standard InChI is InChI=1S/C10H19N/c1-10(2)5-8(6-10)7-11-9-3-4-9/h8-9,11H,3-7H2,1-2H3.